The van der Waals surface area contributed by atoms with Gasteiger partial charge in [0.25, 0.3) is 0 Å². The largest absolute Gasteiger partial charge is 0.462 e. The normalized spacial score (nSPS) is 10.2. The molecule has 0 saturated carbocycles. The summed E-state index contributed by atoms with van der Waals surface area (Å²) in [4.78, 5) is 12.5. The smallest absolute Gasteiger partial charge is 0.338 e. The molecular weight excluding hydrogens is 234 g/mol. The summed E-state index contributed by atoms with van der Waals surface area (Å²) in [7, 11) is 0. The monoisotopic (exact) mass is 253 g/mol. The molecule has 1 aromatic carbocycles. The number of anilines is 1. The number of nitrogen functional groups attached to an aromatic ring is 1. The van der Waals surface area contributed by atoms with Crippen molar-refractivity contribution in [3.63, 3.8) is 0 Å². The van der Waals surface area contributed by atoms with Crippen LogP contribution < -0.4 is 5.73 Å². The Kier molecular flexibility index (Phi) is 5.91. The number of rotatable bonds is 6. The lowest BCUT2D eigenvalue weighted by Crippen LogP contribution is -2.05. The highest BCUT2D eigenvalue weighted by Gasteiger charge is 2.08. The number of benzene rings is 1. The van der Waals surface area contributed by atoms with Crippen molar-refractivity contribution in [2.24, 2.45) is 0 Å². The molecule has 2 N–H and O–H groups in total. The van der Waals surface area contributed by atoms with Crippen molar-refractivity contribution in [2.75, 3.05) is 18.1 Å². The third-order valence-corrected chi connectivity index (χ3v) is 3.45. The quantitative estimate of drug-likeness (QED) is 0.365. The molecule has 0 radical (unpaired) electrons. The Hall–Kier alpha value is -1.16. The molecule has 0 unspecified atom stereocenters. The van der Waals surface area contributed by atoms with Gasteiger partial charge in [0.15, 0.2) is 0 Å². The zero-order chi connectivity index (χ0) is 12.7. The first-order valence-corrected chi connectivity index (χ1v) is 6.87. The Morgan fingerprint density at radius 1 is 1.41 bits per heavy atom. The summed E-state index contributed by atoms with van der Waals surface area (Å²) in [5.74, 6) is 0.740. The summed E-state index contributed by atoms with van der Waals surface area (Å²) >= 11 is 1.73. The van der Waals surface area contributed by atoms with Gasteiger partial charge in [-0.25, -0.2) is 4.79 Å². The van der Waals surface area contributed by atoms with Crippen LogP contribution in [0.3, 0.4) is 0 Å². The summed E-state index contributed by atoms with van der Waals surface area (Å²) < 4.78 is 4.92. The number of hydrogen-bond acceptors (Lipinski definition) is 4. The van der Waals surface area contributed by atoms with Crippen LogP contribution in [0.1, 0.15) is 37.0 Å². The van der Waals surface area contributed by atoms with E-state index in [0.29, 0.717) is 17.9 Å². The number of thioether (sulfide) groups is 1. The van der Waals surface area contributed by atoms with E-state index < -0.39 is 0 Å². The molecule has 17 heavy (non-hydrogen) atoms. The van der Waals surface area contributed by atoms with Crippen molar-refractivity contribution >= 4 is 23.4 Å². The number of nitrogens with two attached hydrogens (primary N) is 1. The Balaban J connectivity index is 2.68. The zero-order valence-electron chi connectivity index (χ0n) is 10.4. The number of esters is 1. The highest BCUT2D eigenvalue weighted by Crippen LogP contribution is 2.26. The third kappa shape index (κ3) is 4.30. The van der Waals surface area contributed by atoms with Crippen LogP contribution in [0.2, 0.25) is 0 Å². The van der Waals surface area contributed by atoms with Crippen molar-refractivity contribution in [2.45, 2.75) is 31.6 Å². The number of hydrogen-bond donors (Lipinski definition) is 1. The maximum atomic E-state index is 11.5. The molecule has 0 fully saturated rings. The second-order valence-corrected chi connectivity index (χ2v) is 4.81. The highest BCUT2D eigenvalue weighted by atomic mass is 32.2. The van der Waals surface area contributed by atoms with Crippen LogP contribution in [-0.4, -0.2) is 18.3 Å². The van der Waals surface area contributed by atoms with Gasteiger partial charge in [0.05, 0.1) is 12.2 Å². The fourth-order valence-corrected chi connectivity index (χ4v) is 2.39. The van der Waals surface area contributed by atoms with Crippen molar-refractivity contribution < 1.29 is 9.53 Å². The molecule has 94 valence electrons. The molecule has 0 aromatic heterocycles. The van der Waals surface area contributed by atoms with Crippen LogP contribution in [0.25, 0.3) is 0 Å². The van der Waals surface area contributed by atoms with Gasteiger partial charge in [0.1, 0.15) is 0 Å². The molecule has 0 aliphatic heterocycles. The molecule has 1 aromatic rings. The second-order valence-electron chi connectivity index (χ2n) is 3.68. The van der Waals surface area contributed by atoms with E-state index in [-0.39, 0.29) is 5.97 Å². The molecule has 0 saturated heterocycles. The van der Waals surface area contributed by atoms with Gasteiger partial charge in [0.2, 0.25) is 0 Å². The molecule has 0 amide bonds. The predicted molar refractivity (Wildman–Crippen MR) is 72.4 cm³/mol. The van der Waals surface area contributed by atoms with E-state index in [2.05, 4.69) is 6.92 Å². The Bertz CT molecular complexity index is 380. The van der Waals surface area contributed by atoms with Crippen molar-refractivity contribution in [1.29, 1.82) is 0 Å². The van der Waals surface area contributed by atoms with Crippen LogP contribution in [0.4, 0.5) is 5.69 Å². The predicted octanol–water partition coefficient (Wildman–Crippen LogP) is 3.34. The highest BCUT2D eigenvalue weighted by molar-refractivity contribution is 7.99. The average molecular weight is 253 g/mol. The Morgan fingerprint density at radius 2 is 2.18 bits per heavy atom. The topological polar surface area (TPSA) is 52.3 Å². The van der Waals surface area contributed by atoms with Crippen molar-refractivity contribution in [1.82, 2.24) is 0 Å². The van der Waals surface area contributed by atoms with Crippen molar-refractivity contribution in [3.05, 3.63) is 23.8 Å². The first-order valence-electron chi connectivity index (χ1n) is 5.88. The summed E-state index contributed by atoms with van der Waals surface area (Å²) in [5, 5.41) is 0. The molecule has 4 heteroatoms. The fraction of sp³-hybridized carbons (Fsp3) is 0.462. The van der Waals surface area contributed by atoms with Gasteiger partial charge < -0.3 is 10.5 Å². The van der Waals surface area contributed by atoms with Crippen molar-refractivity contribution in [3.8, 4) is 0 Å². The van der Waals surface area contributed by atoms with Crippen LogP contribution in [-0.2, 0) is 4.74 Å². The molecule has 0 bridgehead atoms. The summed E-state index contributed by atoms with van der Waals surface area (Å²) in [6, 6.07) is 5.34. The van der Waals surface area contributed by atoms with Crippen LogP contribution >= 0.6 is 11.8 Å². The second kappa shape index (κ2) is 7.22. The number of carbonyl (C=O) groups excluding carboxylic acids is 1. The lowest BCUT2D eigenvalue weighted by atomic mass is 10.2. The van der Waals surface area contributed by atoms with Crippen LogP contribution in [0.5, 0.6) is 0 Å². The minimum Gasteiger partial charge on any atom is -0.462 e. The van der Waals surface area contributed by atoms with Gasteiger partial charge in [-0.2, -0.15) is 0 Å². The van der Waals surface area contributed by atoms with Gasteiger partial charge in [-0.15, -0.1) is 11.8 Å². The van der Waals surface area contributed by atoms with Crippen LogP contribution in [0, 0.1) is 0 Å². The molecule has 0 spiro atoms. The van der Waals surface area contributed by atoms with E-state index in [0.717, 1.165) is 10.6 Å². The zero-order valence-corrected chi connectivity index (χ0v) is 11.2. The summed E-state index contributed by atoms with van der Waals surface area (Å²) in [5.41, 5.74) is 7.08. The minimum atomic E-state index is -0.315. The first kappa shape index (κ1) is 13.9. The maximum Gasteiger partial charge on any atom is 0.338 e. The Morgan fingerprint density at radius 3 is 2.76 bits per heavy atom. The average Bonchev–Trinajstić information content (AvgIpc) is 2.31. The Labute approximate surface area is 107 Å². The number of ether oxygens (including phenoxy) is 1. The minimum absolute atomic E-state index is 0.315. The molecule has 0 atom stereocenters. The van der Waals surface area contributed by atoms with E-state index in [4.69, 9.17) is 10.5 Å². The first-order chi connectivity index (χ1) is 8.19. The SMILES string of the molecule is CCCCSc1ccc(C(=O)OCC)cc1N. The van der Waals surface area contributed by atoms with E-state index in [1.807, 2.05) is 6.07 Å². The molecular formula is C13H19NO2S. The van der Waals surface area contributed by atoms with Gasteiger partial charge in [-0.3, -0.25) is 0 Å². The fourth-order valence-electron chi connectivity index (χ4n) is 1.35. The van der Waals surface area contributed by atoms with E-state index in [1.165, 1.54) is 12.8 Å². The summed E-state index contributed by atoms with van der Waals surface area (Å²) in [6.07, 6.45) is 2.34. The molecule has 3 nitrogen and oxygen atoms in total. The van der Waals surface area contributed by atoms with E-state index in [1.54, 1.807) is 30.8 Å². The lowest BCUT2D eigenvalue weighted by Gasteiger charge is -2.07. The molecule has 0 heterocycles. The third-order valence-electron chi connectivity index (χ3n) is 2.28. The maximum absolute atomic E-state index is 11.5. The van der Waals surface area contributed by atoms with Gasteiger partial charge in [-0.1, -0.05) is 13.3 Å². The van der Waals surface area contributed by atoms with Gasteiger partial charge in [-0.05, 0) is 37.3 Å². The van der Waals surface area contributed by atoms with E-state index >= 15 is 0 Å². The standard InChI is InChI=1S/C13H19NO2S/c1-3-5-8-17-12-7-6-10(9-11(12)14)13(15)16-4-2/h6-7,9H,3-5,8,14H2,1-2H3. The molecule has 0 aliphatic rings. The van der Waals surface area contributed by atoms with Gasteiger partial charge in [0, 0.05) is 10.6 Å². The summed E-state index contributed by atoms with van der Waals surface area (Å²) in [6.45, 7) is 4.33. The lowest BCUT2D eigenvalue weighted by molar-refractivity contribution is 0.0526. The number of carbonyl (C=O) groups is 1. The molecule has 1 rings (SSSR count). The van der Waals surface area contributed by atoms with Crippen LogP contribution in [0.15, 0.2) is 23.1 Å². The van der Waals surface area contributed by atoms with E-state index in [9.17, 15) is 4.79 Å². The number of unbranched alkanes of at least 4 members (excludes halogenated alkanes) is 1. The molecule has 0 aliphatic carbocycles. The van der Waals surface area contributed by atoms with Gasteiger partial charge >= 0.3 is 5.97 Å².